The van der Waals surface area contributed by atoms with E-state index in [9.17, 15) is 4.79 Å². The van der Waals surface area contributed by atoms with Gasteiger partial charge in [-0.1, -0.05) is 18.2 Å². The Morgan fingerprint density at radius 1 is 1.23 bits per heavy atom. The second-order valence-corrected chi connectivity index (χ2v) is 8.44. The molecule has 0 amide bonds. The zero-order valence-corrected chi connectivity index (χ0v) is 18.4. The summed E-state index contributed by atoms with van der Waals surface area (Å²) in [4.78, 5) is 19.6. The Morgan fingerprint density at radius 2 is 2.03 bits per heavy atom. The van der Waals surface area contributed by atoms with Crippen LogP contribution in [-0.4, -0.2) is 58.8 Å². The Hall–Kier alpha value is -2.42. The van der Waals surface area contributed by atoms with Crippen molar-refractivity contribution in [1.82, 2.24) is 14.3 Å². The van der Waals surface area contributed by atoms with E-state index in [-0.39, 0.29) is 18.2 Å². The molecule has 8 heteroatoms. The second-order valence-electron chi connectivity index (χ2n) is 7.64. The number of aliphatic hydroxyl groups excluding tert-OH is 1. The van der Waals surface area contributed by atoms with Gasteiger partial charge >= 0.3 is 0 Å². The molecule has 7 nitrogen and oxygen atoms in total. The van der Waals surface area contributed by atoms with E-state index in [1.165, 1.54) is 9.96 Å². The lowest BCUT2D eigenvalue weighted by atomic mass is 9.88. The van der Waals surface area contributed by atoms with Gasteiger partial charge in [-0.2, -0.15) is 0 Å². The average molecular weight is 473 g/mol. The minimum Gasteiger partial charge on any atom is -0.491 e. The van der Waals surface area contributed by atoms with Crippen LogP contribution in [0, 0.1) is 0 Å². The van der Waals surface area contributed by atoms with Crippen molar-refractivity contribution in [2.24, 2.45) is 0 Å². The summed E-state index contributed by atoms with van der Waals surface area (Å²) in [6.07, 6.45) is 2.65. The summed E-state index contributed by atoms with van der Waals surface area (Å²) in [5.41, 5.74) is 1.74. The maximum Gasteiger partial charge on any atom is 0.274 e. The highest BCUT2D eigenvalue weighted by Gasteiger charge is 2.27. The number of rotatable bonds is 6. The highest BCUT2D eigenvalue weighted by atomic mass is 79.9. The average Bonchev–Trinajstić information content (AvgIpc) is 2.76. The topological polar surface area (TPSA) is 79.1 Å². The van der Waals surface area contributed by atoms with Gasteiger partial charge in [0.05, 0.1) is 6.61 Å². The van der Waals surface area contributed by atoms with Crippen molar-refractivity contribution < 1.29 is 9.84 Å². The first-order chi connectivity index (χ1) is 14.5. The Bertz CT molecular complexity index is 1070. The molecule has 0 saturated carbocycles. The first kappa shape index (κ1) is 20.8. The van der Waals surface area contributed by atoms with Gasteiger partial charge in [-0.15, -0.1) is 0 Å². The number of pyridine rings is 1. The van der Waals surface area contributed by atoms with Crippen molar-refractivity contribution >= 4 is 27.4 Å². The number of nitrogens with one attached hydrogen (secondary N) is 1. The van der Waals surface area contributed by atoms with Crippen molar-refractivity contribution in [3.63, 3.8) is 0 Å². The van der Waals surface area contributed by atoms with Gasteiger partial charge in [0.1, 0.15) is 28.3 Å². The summed E-state index contributed by atoms with van der Waals surface area (Å²) in [6, 6.07) is 13.8. The molecule has 3 aromatic rings. The van der Waals surface area contributed by atoms with Gasteiger partial charge in [-0.25, -0.2) is 4.98 Å². The van der Waals surface area contributed by atoms with Gasteiger partial charge in [0.15, 0.2) is 0 Å². The van der Waals surface area contributed by atoms with E-state index in [0.29, 0.717) is 28.5 Å². The lowest BCUT2D eigenvalue weighted by Crippen LogP contribution is -2.43. The third-order valence-corrected chi connectivity index (χ3v) is 6.08. The number of anilines is 1. The summed E-state index contributed by atoms with van der Waals surface area (Å²) in [5.74, 6) is 1.70. The van der Waals surface area contributed by atoms with E-state index in [0.717, 1.165) is 25.3 Å². The molecule has 1 fully saturated rings. The fourth-order valence-corrected chi connectivity index (χ4v) is 4.42. The molecule has 0 aliphatic carbocycles. The Morgan fingerprint density at radius 3 is 2.80 bits per heavy atom. The molecule has 1 saturated heterocycles. The third kappa shape index (κ3) is 4.50. The smallest absolute Gasteiger partial charge is 0.274 e. The highest BCUT2D eigenvalue weighted by molar-refractivity contribution is 9.10. The molecule has 2 aromatic heterocycles. The number of hydrogen-bond donors (Lipinski definition) is 2. The number of nitrogens with zero attached hydrogens (tertiary/aromatic N) is 3. The molecule has 2 unspecified atom stereocenters. The van der Waals surface area contributed by atoms with E-state index >= 15 is 0 Å². The second kappa shape index (κ2) is 9.16. The zero-order chi connectivity index (χ0) is 21.1. The quantitative estimate of drug-likeness (QED) is 0.574. The van der Waals surface area contributed by atoms with Crippen LogP contribution in [0.1, 0.15) is 17.9 Å². The molecule has 2 N–H and O–H groups in total. The summed E-state index contributed by atoms with van der Waals surface area (Å²) in [7, 11) is 2.11. The summed E-state index contributed by atoms with van der Waals surface area (Å²) < 4.78 is 7.44. The number of benzene rings is 1. The first-order valence-electron chi connectivity index (χ1n) is 10.0. The van der Waals surface area contributed by atoms with Gasteiger partial charge < -0.3 is 20.1 Å². The number of piperidine rings is 1. The number of halogens is 1. The standard InChI is InChI=1S/C22H25BrN4O3/c1-26-13-16(15-5-7-18(8-6-15)30-11-10-28)12-17(14-26)24-21-20(23)22(29)27-9-3-2-4-19(27)25-21/h2-9,16-17,24,28H,10-14H2,1H3. The Kier molecular flexibility index (Phi) is 6.36. The highest BCUT2D eigenvalue weighted by Crippen LogP contribution is 2.30. The van der Waals surface area contributed by atoms with Crippen LogP contribution in [-0.2, 0) is 0 Å². The minimum absolute atomic E-state index is 0.00443. The molecule has 158 valence electrons. The van der Waals surface area contributed by atoms with Crippen LogP contribution in [0.2, 0.25) is 0 Å². The van der Waals surface area contributed by atoms with Crippen molar-refractivity contribution in [3.8, 4) is 5.75 Å². The third-order valence-electron chi connectivity index (χ3n) is 5.36. The normalized spacial score (nSPS) is 19.7. The lowest BCUT2D eigenvalue weighted by Gasteiger charge is -2.36. The van der Waals surface area contributed by atoms with Crippen molar-refractivity contribution in [3.05, 3.63) is 69.1 Å². The molecule has 1 aromatic carbocycles. The monoisotopic (exact) mass is 472 g/mol. The molecule has 1 aliphatic heterocycles. The number of likely N-dealkylation sites (tertiary alicyclic amines) is 1. The van der Waals surface area contributed by atoms with Crippen LogP contribution >= 0.6 is 15.9 Å². The zero-order valence-electron chi connectivity index (χ0n) is 16.8. The van der Waals surface area contributed by atoms with Crippen molar-refractivity contribution in [2.45, 2.75) is 18.4 Å². The van der Waals surface area contributed by atoms with Gasteiger partial charge in [-0.05, 0) is 65.1 Å². The molecule has 1 aliphatic rings. The van der Waals surface area contributed by atoms with Gasteiger partial charge in [0, 0.05) is 25.3 Å². The van der Waals surface area contributed by atoms with Gasteiger partial charge in [-0.3, -0.25) is 9.20 Å². The number of hydrogen-bond acceptors (Lipinski definition) is 6. The first-order valence-corrected chi connectivity index (χ1v) is 10.8. The maximum atomic E-state index is 12.6. The van der Waals surface area contributed by atoms with Crippen LogP contribution in [0.5, 0.6) is 5.75 Å². The SMILES string of the molecule is CN1CC(Nc2nc3ccccn3c(=O)c2Br)CC(c2ccc(OCCO)cc2)C1. The van der Waals surface area contributed by atoms with E-state index in [1.807, 2.05) is 30.3 Å². The van der Waals surface area contributed by atoms with E-state index in [2.05, 4.69) is 50.3 Å². The fourth-order valence-electron chi connectivity index (χ4n) is 4.02. The molecule has 0 radical (unpaired) electrons. The molecule has 4 rings (SSSR count). The van der Waals surface area contributed by atoms with Crippen LogP contribution < -0.4 is 15.6 Å². The number of fused-ring (bicyclic) bond motifs is 1. The van der Waals surface area contributed by atoms with E-state index in [1.54, 1.807) is 6.20 Å². The number of likely N-dealkylation sites (N-methyl/N-ethyl adjacent to an activating group) is 1. The van der Waals surface area contributed by atoms with Crippen molar-refractivity contribution in [1.29, 1.82) is 0 Å². The molecular weight excluding hydrogens is 448 g/mol. The van der Waals surface area contributed by atoms with Gasteiger partial charge in [0.25, 0.3) is 5.56 Å². The predicted octanol–water partition coefficient (Wildman–Crippen LogP) is 2.73. The summed E-state index contributed by atoms with van der Waals surface area (Å²) >= 11 is 3.43. The van der Waals surface area contributed by atoms with Gasteiger partial charge in [0.2, 0.25) is 0 Å². The molecule has 3 heterocycles. The maximum absolute atomic E-state index is 12.6. The molecule has 0 spiro atoms. The number of ether oxygens (including phenoxy) is 1. The van der Waals surface area contributed by atoms with E-state index in [4.69, 9.17) is 9.84 Å². The Balaban J connectivity index is 1.52. The number of aliphatic hydroxyl groups is 1. The van der Waals surface area contributed by atoms with E-state index < -0.39 is 0 Å². The summed E-state index contributed by atoms with van der Waals surface area (Å²) in [6.45, 7) is 2.13. The largest absolute Gasteiger partial charge is 0.491 e. The van der Waals surface area contributed by atoms with Crippen LogP contribution in [0.15, 0.2) is 57.9 Å². The lowest BCUT2D eigenvalue weighted by molar-refractivity contribution is 0.201. The summed E-state index contributed by atoms with van der Waals surface area (Å²) in [5, 5.41) is 12.4. The van der Waals surface area contributed by atoms with Crippen LogP contribution in [0.4, 0.5) is 5.82 Å². The van der Waals surface area contributed by atoms with Crippen LogP contribution in [0.3, 0.4) is 0 Å². The molecule has 0 bridgehead atoms. The number of aromatic nitrogens is 2. The van der Waals surface area contributed by atoms with Crippen molar-refractivity contribution in [2.75, 3.05) is 38.7 Å². The fraction of sp³-hybridized carbons (Fsp3) is 0.364. The van der Waals surface area contributed by atoms with Crippen LogP contribution in [0.25, 0.3) is 5.65 Å². The molecule has 30 heavy (non-hydrogen) atoms. The molecule has 2 atom stereocenters. The minimum atomic E-state index is -0.123. The Labute approximate surface area is 183 Å². The predicted molar refractivity (Wildman–Crippen MR) is 120 cm³/mol. The molecular formula is C22H25BrN4O3.